The van der Waals surface area contributed by atoms with Gasteiger partial charge in [0.25, 0.3) is 0 Å². The molecule has 1 saturated carbocycles. The van der Waals surface area contributed by atoms with Crippen molar-refractivity contribution in [2.75, 3.05) is 26.9 Å². The Balaban J connectivity index is 1.56. The number of carboxylic acids is 1. The molecule has 0 amide bonds. The minimum atomic E-state index is -3.87. The lowest BCUT2D eigenvalue weighted by Gasteiger charge is -2.28. The fraction of sp³-hybridized carbons (Fsp3) is 0.500. The number of sulfonamides is 1. The third-order valence-corrected chi connectivity index (χ3v) is 9.78. The Kier molecular flexibility index (Phi) is 7.93. The van der Waals surface area contributed by atoms with Crippen molar-refractivity contribution in [3.05, 3.63) is 53.5 Å². The Labute approximate surface area is 227 Å². The molecule has 2 fully saturated rings. The Morgan fingerprint density at radius 1 is 1.18 bits per heavy atom. The van der Waals surface area contributed by atoms with Crippen molar-refractivity contribution < 1.29 is 32.2 Å². The summed E-state index contributed by atoms with van der Waals surface area (Å²) in [5.41, 5.74) is 1.51. The maximum absolute atomic E-state index is 15.3. The van der Waals surface area contributed by atoms with Crippen LogP contribution in [-0.2, 0) is 26.0 Å². The molecule has 1 aromatic heterocycles. The average Bonchev–Trinajstić information content (AvgIpc) is 3.45. The standard InChI is InChI=1S/C28H34FN3O6S/c1-3-38-21-7-9-22(10-8-21)39(35,36)31-17-20(15-19(31)13-14-37-2)32-28-23(25(30-32)16-26(33)34)11-12-24(29)27(28)18-5-4-6-18/h7-12,18-20H,3-6,13-17H2,1-2H3,(H,33,34)/t19-,20-/m1/s1. The molecule has 0 unspecified atom stereocenters. The quantitative estimate of drug-likeness (QED) is 0.368. The highest BCUT2D eigenvalue weighted by Gasteiger charge is 2.42. The van der Waals surface area contributed by atoms with E-state index in [1.165, 1.54) is 10.4 Å². The van der Waals surface area contributed by atoms with Gasteiger partial charge in [-0.1, -0.05) is 6.42 Å². The summed E-state index contributed by atoms with van der Waals surface area (Å²) < 4.78 is 56.9. The van der Waals surface area contributed by atoms with E-state index in [-0.39, 0.29) is 35.6 Å². The molecule has 1 aliphatic heterocycles. The molecule has 11 heteroatoms. The van der Waals surface area contributed by atoms with E-state index in [1.54, 1.807) is 42.1 Å². The number of nitrogens with zero attached hydrogens (tertiary/aromatic N) is 3. The zero-order valence-corrected chi connectivity index (χ0v) is 23.0. The van der Waals surface area contributed by atoms with Crippen LogP contribution in [0.1, 0.15) is 62.2 Å². The van der Waals surface area contributed by atoms with E-state index < -0.39 is 22.0 Å². The van der Waals surface area contributed by atoms with Gasteiger partial charge in [-0.3, -0.25) is 9.48 Å². The molecule has 1 N–H and O–H groups in total. The Hall–Kier alpha value is -3.02. The summed E-state index contributed by atoms with van der Waals surface area (Å²) in [5, 5.41) is 14.8. The van der Waals surface area contributed by atoms with Crippen molar-refractivity contribution >= 4 is 26.9 Å². The van der Waals surface area contributed by atoms with Gasteiger partial charge in [-0.05, 0) is 74.9 Å². The number of aromatic nitrogens is 2. The molecule has 0 bridgehead atoms. The van der Waals surface area contributed by atoms with Crippen LogP contribution in [0.3, 0.4) is 0 Å². The molecule has 5 rings (SSSR count). The molecule has 0 radical (unpaired) electrons. The van der Waals surface area contributed by atoms with Gasteiger partial charge in [0.05, 0.1) is 35.2 Å². The number of halogens is 1. The van der Waals surface area contributed by atoms with Crippen LogP contribution in [0, 0.1) is 5.82 Å². The van der Waals surface area contributed by atoms with Gasteiger partial charge in [-0.25, -0.2) is 12.8 Å². The van der Waals surface area contributed by atoms with Crippen LogP contribution >= 0.6 is 0 Å². The summed E-state index contributed by atoms with van der Waals surface area (Å²) in [7, 11) is -2.30. The number of methoxy groups -OCH3 is 1. The summed E-state index contributed by atoms with van der Waals surface area (Å²) >= 11 is 0. The lowest BCUT2D eigenvalue weighted by atomic mass is 9.79. The van der Waals surface area contributed by atoms with Crippen molar-refractivity contribution in [1.82, 2.24) is 14.1 Å². The van der Waals surface area contributed by atoms with Gasteiger partial charge in [0.2, 0.25) is 10.0 Å². The number of carbonyl (C=O) groups is 1. The molecule has 39 heavy (non-hydrogen) atoms. The summed E-state index contributed by atoms with van der Waals surface area (Å²) in [6.45, 7) is 2.84. The first-order valence-electron chi connectivity index (χ1n) is 13.4. The maximum Gasteiger partial charge on any atom is 0.309 e. The van der Waals surface area contributed by atoms with Crippen LogP contribution in [-0.4, -0.2) is 66.5 Å². The minimum absolute atomic E-state index is 0.0382. The first kappa shape index (κ1) is 27.5. The van der Waals surface area contributed by atoms with Crippen LogP contribution in [0.5, 0.6) is 5.75 Å². The van der Waals surface area contributed by atoms with Crippen LogP contribution in [0.4, 0.5) is 4.39 Å². The molecule has 0 spiro atoms. The van der Waals surface area contributed by atoms with Gasteiger partial charge in [0.1, 0.15) is 11.6 Å². The summed E-state index contributed by atoms with van der Waals surface area (Å²) in [6.07, 6.45) is 3.35. The van der Waals surface area contributed by atoms with Gasteiger partial charge in [0, 0.05) is 37.3 Å². The summed E-state index contributed by atoms with van der Waals surface area (Å²) in [4.78, 5) is 11.8. The molecule has 1 saturated heterocycles. The van der Waals surface area contributed by atoms with E-state index in [9.17, 15) is 18.3 Å². The Morgan fingerprint density at radius 3 is 2.54 bits per heavy atom. The van der Waals surface area contributed by atoms with Crippen LogP contribution in [0.2, 0.25) is 0 Å². The highest BCUT2D eigenvalue weighted by Crippen LogP contribution is 2.44. The second kappa shape index (κ2) is 11.2. The first-order valence-corrected chi connectivity index (χ1v) is 14.8. The molecule has 2 aliphatic rings. The lowest BCUT2D eigenvalue weighted by molar-refractivity contribution is -0.136. The average molecular weight is 560 g/mol. The van der Waals surface area contributed by atoms with E-state index in [0.717, 1.165) is 19.3 Å². The predicted molar refractivity (Wildman–Crippen MR) is 143 cm³/mol. The fourth-order valence-electron chi connectivity index (χ4n) is 5.78. The molecule has 2 aromatic carbocycles. The molecule has 3 aromatic rings. The molecule has 210 valence electrons. The largest absolute Gasteiger partial charge is 0.494 e. The molecule has 2 atom stereocenters. The van der Waals surface area contributed by atoms with Crippen molar-refractivity contribution in [3.8, 4) is 5.75 Å². The van der Waals surface area contributed by atoms with E-state index in [2.05, 4.69) is 5.10 Å². The lowest BCUT2D eigenvalue weighted by Crippen LogP contribution is -2.36. The number of hydrogen-bond acceptors (Lipinski definition) is 6. The number of fused-ring (bicyclic) bond motifs is 1. The molecule has 9 nitrogen and oxygen atoms in total. The Bertz CT molecular complexity index is 1450. The van der Waals surface area contributed by atoms with Gasteiger partial charge in [0.15, 0.2) is 0 Å². The third-order valence-electron chi connectivity index (χ3n) is 7.85. The van der Waals surface area contributed by atoms with E-state index in [4.69, 9.17) is 9.47 Å². The van der Waals surface area contributed by atoms with Crippen molar-refractivity contribution in [2.45, 2.75) is 68.3 Å². The second-order valence-corrected chi connectivity index (χ2v) is 12.1. The molecule has 1 aliphatic carbocycles. The third kappa shape index (κ3) is 5.27. The normalized spacial score (nSPS) is 20.4. The van der Waals surface area contributed by atoms with Crippen molar-refractivity contribution in [2.24, 2.45) is 0 Å². The number of benzene rings is 2. The van der Waals surface area contributed by atoms with Gasteiger partial charge in [-0.15, -0.1) is 0 Å². The number of carboxylic acid groups (broad SMARTS) is 1. The van der Waals surface area contributed by atoms with Crippen LogP contribution < -0.4 is 4.74 Å². The van der Waals surface area contributed by atoms with Gasteiger partial charge in [-0.2, -0.15) is 9.40 Å². The fourth-order valence-corrected chi connectivity index (χ4v) is 7.48. The number of rotatable bonds is 11. The first-order chi connectivity index (χ1) is 18.7. The summed E-state index contributed by atoms with van der Waals surface area (Å²) in [6, 6.07) is 8.59. The van der Waals surface area contributed by atoms with E-state index >= 15 is 4.39 Å². The number of hydrogen-bond donors (Lipinski definition) is 1. The number of aliphatic carboxylic acids is 1. The molecular weight excluding hydrogens is 525 g/mol. The van der Waals surface area contributed by atoms with Crippen molar-refractivity contribution in [1.29, 1.82) is 0 Å². The highest BCUT2D eigenvalue weighted by molar-refractivity contribution is 7.89. The Morgan fingerprint density at radius 2 is 1.92 bits per heavy atom. The molecular formula is C28H34FN3O6S. The monoisotopic (exact) mass is 559 g/mol. The topological polar surface area (TPSA) is 111 Å². The van der Waals surface area contributed by atoms with Crippen LogP contribution in [0.25, 0.3) is 10.9 Å². The minimum Gasteiger partial charge on any atom is -0.494 e. The van der Waals surface area contributed by atoms with Gasteiger partial charge >= 0.3 is 5.97 Å². The zero-order valence-electron chi connectivity index (χ0n) is 22.2. The second-order valence-electron chi connectivity index (χ2n) is 10.3. The molecule has 2 heterocycles. The summed E-state index contributed by atoms with van der Waals surface area (Å²) in [5.74, 6) is -0.731. The van der Waals surface area contributed by atoms with Crippen molar-refractivity contribution in [3.63, 3.8) is 0 Å². The van der Waals surface area contributed by atoms with Gasteiger partial charge < -0.3 is 14.6 Å². The number of ether oxygens (including phenoxy) is 2. The SMILES string of the molecule is CCOc1ccc(S(=O)(=O)N2C[C@H](n3nc(CC(=O)O)c4ccc(F)c(C5CCC5)c43)C[C@H]2CCOC)cc1. The van der Waals surface area contributed by atoms with Crippen LogP contribution in [0.15, 0.2) is 41.3 Å². The predicted octanol–water partition coefficient (Wildman–Crippen LogP) is 4.51. The van der Waals surface area contributed by atoms with E-state index in [1.807, 2.05) is 6.92 Å². The maximum atomic E-state index is 15.3. The zero-order chi connectivity index (χ0) is 27.7. The smallest absolute Gasteiger partial charge is 0.309 e. The highest BCUT2D eigenvalue weighted by atomic mass is 32.2. The van der Waals surface area contributed by atoms with E-state index in [0.29, 0.717) is 54.0 Å².